The maximum absolute atomic E-state index is 12.3. The van der Waals surface area contributed by atoms with E-state index in [4.69, 9.17) is 0 Å². The zero-order valence-corrected chi connectivity index (χ0v) is 16.4. The van der Waals surface area contributed by atoms with E-state index in [2.05, 4.69) is 20.8 Å². The second-order valence-corrected chi connectivity index (χ2v) is 7.10. The van der Waals surface area contributed by atoms with Crippen molar-refractivity contribution in [3.63, 3.8) is 0 Å². The number of carbonyl (C=O) groups excluding carboxylic acids is 1. The lowest BCUT2D eigenvalue weighted by Crippen LogP contribution is -2.16. The fraction of sp³-hybridized carbons (Fsp3) is 0.222. The summed E-state index contributed by atoms with van der Waals surface area (Å²) in [4.78, 5) is 22.9. The summed E-state index contributed by atoms with van der Waals surface area (Å²) in [6.07, 6.45) is 0. The van der Waals surface area contributed by atoms with Crippen molar-refractivity contribution in [2.45, 2.75) is 25.9 Å². The summed E-state index contributed by atoms with van der Waals surface area (Å²) in [6, 6.07) is 10.5. The first-order valence-electron chi connectivity index (χ1n) is 8.40. The van der Waals surface area contributed by atoms with Gasteiger partial charge in [-0.05, 0) is 48.4 Å². The quantitative estimate of drug-likeness (QED) is 0.385. The van der Waals surface area contributed by atoms with Crippen molar-refractivity contribution >= 4 is 29.0 Å². The molecule has 0 saturated heterocycles. The molecule has 1 aromatic heterocycles. The van der Waals surface area contributed by atoms with Crippen molar-refractivity contribution in [3.05, 3.63) is 63.2 Å². The van der Waals surface area contributed by atoms with Gasteiger partial charge in [-0.3, -0.25) is 14.9 Å². The highest BCUT2D eigenvalue weighted by atomic mass is 32.2. The third-order valence-corrected chi connectivity index (χ3v) is 5.12. The minimum absolute atomic E-state index is 0.0376. The van der Waals surface area contributed by atoms with Crippen LogP contribution < -0.4 is 5.32 Å². The Kier molecular flexibility index (Phi) is 5.69. The van der Waals surface area contributed by atoms with E-state index >= 15 is 0 Å². The Balaban J connectivity index is 1.73. The largest absolute Gasteiger partial charge is 0.325 e. The predicted octanol–water partition coefficient (Wildman–Crippen LogP) is 3.23. The molecular weight excluding hydrogens is 380 g/mol. The first kappa shape index (κ1) is 19.5. The van der Waals surface area contributed by atoms with Gasteiger partial charge in [0.05, 0.1) is 27.6 Å². The summed E-state index contributed by atoms with van der Waals surface area (Å²) in [5, 5.41) is 26.0. The summed E-state index contributed by atoms with van der Waals surface area (Å²) in [6.45, 7) is 5.54. The molecular formula is C18H18N6O3S. The molecule has 0 spiro atoms. The van der Waals surface area contributed by atoms with Crippen LogP contribution in [0.4, 0.5) is 11.4 Å². The summed E-state index contributed by atoms with van der Waals surface area (Å²) in [5.41, 5.74) is 3.70. The van der Waals surface area contributed by atoms with Crippen LogP contribution in [0.5, 0.6) is 0 Å². The number of nitro groups is 1. The van der Waals surface area contributed by atoms with Gasteiger partial charge in [-0.2, -0.15) is 4.68 Å². The smallest absolute Gasteiger partial charge is 0.274 e. The zero-order chi connectivity index (χ0) is 20.3. The van der Waals surface area contributed by atoms with Crippen LogP contribution in [0.25, 0.3) is 5.69 Å². The van der Waals surface area contributed by atoms with Crippen LogP contribution in [0.2, 0.25) is 0 Å². The second kappa shape index (κ2) is 8.17. The molecule has 0 bridgehead atoms. The van der Waals surface area contributed by atoms with E-state index in [9.17, 15) is 14.9 Å². The molecule has 0 aliphatic rings. The molecule has 28 heavy (non-hydrogen) atoms. The Hall–Kier alpha value is -3.27. The Morgan fingerprint density at radius 2 is 1.86 bits per heavy atom. The molecule has 0 atom stereocenters. The third-order valence-electron chi connectivity index (χ3n) is 4.20. The lowest BCUT2D eigenvalue weighted by atomic mass is 10.1. The standard InChI is InChI=1S/C18H18N6O3S/c1-11-6-4-7-12(2)17(11)23-18(20-21-22-23)28-10-16(25)19-14-8-5-9-15(13(14)3)24(26)27/h4-9H,10H2,1-3H3,(H,19,25). The van der Waals surface area contributed by atoms with Crippen LogP contribution in [-0.2, 0) is 4.79 Å². The number of nitro benzene ring substituents is 1. The molecule has 9 nitrogen and oxygen atoms in total. The van der Waals surface area contributed by atoms with Crippen molar-refractivity contribution < 1.29 is 9.72 Å². The number of rotatable bonds is 6. The molecule has 0 aliphatic carbocycles. The van der Waals surface area contributed by atoms with Gasteiger partial charge in [-0.25, -0.2) is 0 Å². The van der Waals surface area contributed by atoms with Crippen molar-refractivity contribution in [1.29, 1.82) is 0 Å². The number of hydrogen-bond donors (Lipinski definition) is 1. The van der Waals surface area contributed by atoms with Crippen molar-refractivity contribution in [2.24, 2.45) is 0 Å². The lowest BCUT2D eigenvalue weighted by molar-refractivity contribution is -0.385. The molecule has 0 saturated carbocycles. The number of tetrazole rings is 1. The molecule has 144 valence electrons. The van der Waals surface area contributed by atoms with E-state index < -0.39 is 4.92 Å². The molecule has 3 rings (SSSR count). The Morgan fingerprint density at radius 3 is 2.54 bits per heavy atom. The fourth-order valence-electron chi connectivity index (χ4n) is 2.82. The van der Waals surface area contributed by atoms with E-state index in [0.29, 0.717) is 16.4 Å². The molecule has 10 heteroatoms. The minimum atomic E-state index is -0.474. The number of thioether (sulfide) groups is 1. The highest BCUT2D eigenvalue weighted by molar-refractivity contribution is 7.99. The van der Waals surface area contributed by atoms with Gasteiger partial charge in [0.1, 0.15) is 0 Å². The summed E-state index contributed by atoms with van der Waals surface area (Å²) >= 11 is 1.19. The average molecular weight is 398 g/mol. The Labute approximate surface area is 165 Å². The lowest BCUT2D eigenvalue weighted by Gasteiger charge is -2.11. The topological polar surface area (TPSA) is 116 Å². The van der Waals surface area contributed by atoms with Crippen molar-refractivity contribution in [1.82, 2.24) is 20.2 Å². The number of carbonyl (C=O) groups is 1. The predicted molar refractivity (Wildman–Crippen MR) is 106 cm³/mol. The monoisotopic (exact) mass is 398 g/mol. The van der Waals surface area contributed by atoms with Gasteiger partial charge in [0.2, 0.25) is 11.1 Å². The van der Waals surface area contributed by atoms with Crippen LogP contribution >= 0.6 is 11.8 Å². The molecule has 0 fully saturated rings. The normalized spacial score (nSPS) is 10.7. The molecule has 3 aromatic rings. The van der Waals surface area contributed by atoms with Crippen LogP contribution in [-0.4, -0.2) is 36.8 Å². The van der Waals surface area contributed by atoms with Crippen LogP contribution in [0.15, 0.2) is 41.6 Å². The number of anilines is 1. The molecule has 0 radical (unpaired) electrons. The van der Waals surface area contributed by atoms with E-state index in [-0.39, 0.29) is 17.3 Å². The molecule has 1 amide bonds. The van der Waals surface area contributed by atoms with Gasteiger partial charge < -0.3 is 5.32 Å². The average Bonchev–Trinajstić information content (AvgIpc) is 3.09. The Morgan fingerprint density at radius 1 is 1.18 bits per heavy atom. The molecule has 2 aromatic carbocycles. The van der Waals surface area contributed by atoms with E-state index in [0.717, 1.165) is 16.8 Å². The number of amides is 1. The minimum Gasteiger partial charge on any atom is -0.325 e. The van der Waals surface area contributed by atoms with E-state index in [1.807, 2.05) is 32.0 Å². The fourth-order valence-corrected chi connectivity index (χ4v) is 3.50. The first-order chi connectivity index (χ1) is 13.4. The van der Waals surface area contributed by atoms with Crippen molar-refractivity contribution in [3.8, 4) is 5.69 Å². The van der Waals surface area contributed by atoms with Crippen LogP contribution in [0.1, 0.15) is 16.7 Å². The van der Waals surface area contributed by atoms with Gasteiger partial charge in [-0.1, -0.05) is 36.0 Å². The maximum Gasteiger partial charge on any atom is 0.274 e. The summed E-state index contributed by atoms with van der Waals surface area (Å²) < 4.78 is 1.61. The van der Waals surface area contributed by atoms with E-state index in [1.165, 1.54) is 23.9 Å². The van der Waals surface area contributed by atoms with Crippen LogP contribution in [0, 0.1) is 30.9 Å². The van der Waals surface area contributed by atoms with Crippen LogP contribution in [0.3, 0.4) is 0 Å². The number of nitrogens with zero attached hydrogens (tertiary/aromatic N) is 5. The van der Waals surface area contributed by atoms with Crippen molar-refractivity contribution in [2.75, 3.05) is 11.1 Å². The molecule has 0 aliphatic heterocycles. The summed E-state index contributed by atoms with van der Waals surface area (Å²) in [7, 11) is 0. The Bertz CT molecular complexity index is 1030. The maximum atomic E-state index is 12.3. The zero-order valence-electron chi connectivity index (χ0n) is 15.5. The van der Waals surface area contributed by atoms with Gasteiger partial charge in [-0.15, -0.1) is 5.10 Å². The second-order valence-electron chi connectivity index (χ2n) is 6.16. The number of nitrogens with one attached hydrogen (secondary N) is 1. The molecule has 0 unspecified atom stereocenters. The number of aromatic nitrogens is 4. The number of para-hydroxylation sites is 1. The number of benzene rings is 2. The van der Waals surface area contributed by atoms with Gasteiger partial charge >= 0.3 is 0 Å². The number of hydrogen-bond acceptors (Lipinski definition) is 7. The van der Waals surface area contributed by atoms with Gasteiger partial charge in [0, 0.05) is 6.07 Å². The summed E-state index contributed by atoms with van der Waals surface area (Å²) in [5.74, 6) is -0.238. The molecule has 1 N–H and O–H groups in total. The SMILES string of the molecule is Cc1cccc(C)c1-n1nnnc1SCC(=O)Nc1cccc([N+](=O)[O-])c1C. The third kappa shape index (κ3) is 4.01. The number of aryl methyl sites for hydroxylation is 2. The highest BCUT2D eigenvalue weighted by Crippen LogP contribution is 2.26. The first-order valence-corrected chi connectivity index (χ1v) is 9.38. The van der Waals surface area contributed by atoms with Gasteiger partial charge in [0.25, 0.3) is 5.69 Å². The van der Waals surface area contributed by atoms with E-state index in [1.54, 1.807) is 17.7 Å². The molecule has 1 heterocycles. The van der Waals surface area contributed by atoms with Gasteiger partial charge in [0.15, 0.2) is 0 Å². The highest BCUT2D eigenvalue weighted by Gasteiger charge is 2.17.